The van der Waals surface area contributed by atoms with Gasteiger partial charge in [0.2, 0.25) is 10.0 Å². The minimum atomic E-state index is -3.76. The number of methoxy groups -OCH3 is 1. The highest BCUT2D eigenvalue weighted by atomic mass is 32.2. The monoisotopic (exact) mass is 490 g/mol. The highest BCUT2D eigenvalue weighted by Crippen LogP contribution is 2.31. The largest absolute Gasteiger partial charge is 0.493 e. The summed E-state index contributed by atoms with van der Waals surface area (Å²) in [6, 6.07) is 9.09. The molecule has 0 unspecified atom stereocenters. The van der Waals surface area contributed by atoms with Crippen molar-refractivity contribution in [1.29, 1.82) is 0 Å². The molecule has 184 valence electrons. The van der Waals surface area contributed by atoms with E-state index < -0.39 is 14.9 Å². The molecule has 3 rings (SSSR count). The van der Waals surface area contributed by atoms with Gasteiger partial charge in [0.25, 0.3) is 5.69 Å². The SMILES string of the molecule is COc1cc(C=NNc2ccc(S(=O)(=O)N3CCCC3)cc2[N+](=O)[O-])ccc1OCCC(C)C. The van der Waals surface area contributed by atoms with Crippen LogP contribution in [0, 0.1) is 16.0 Å². The highest BCUT2D eigenvalue weighted by molar-refractivity contribution is 7.89. The lowest BCUT2D eigenvalue weighted by atomic mass is 10.1. The van der Waals surface area contributed by atoms with Crippen LogP contribution in [0.2, 0.25) is 0 Å². The van der Waals surface area contributed by atoms with Gasteiger partial charge in [0.15, 0.2) is 11.5 Å². The zero-order chi connectivity index (χ0) is 24.7. The van der Waals surface area contributed by atoms with E-state index in [1.54, 1.807) is 25.3 Å². The molecule has 0 atom stereocenters. The normalized spacial score (nSPS) is 14.6. The van der Waals surface area contributed by atoms with Crippen molar-refractivity contribution in [3.63, 3.8) is 0 Å². The van der Waals surface area contributed by atoms with E-state index in [2.05, 4.69) is 24.4 Å². The third-order valence-electron chi connectivity index (χ3n) is 5.41. The Balaban J connectivity index is 1.74. The van der Waals surface area contributed by atoms with E-state index in [1.807, 2.05) is 0 Å². The van der Waals surface area contributed by atoms with Gasteiger partial charge in [-0.3, -0.25) is 15.5 Å². The number of hydrazone groups is 1. The van der Waals surface area contributed by atoms with Gasteiger partial charge in [-0.1, -0.05) is 13.8 Å². The maximum Gasteiger partial charge on any atom is 0.295 e. The van der Waals surface area contributed by atoms with E-state index in [0.717, 1.165) is 25.3 Å². The van der Waals surface area contributed by atoms with Crippen molar-refractivity contribution in [1.82, 2.24) is 4.31 Å². The summed E-state index contributed by atoms with van der Waals surface area (Å²) in [5.41, 5.74) is 3.04. The Hall–Kier alpha value is -3.18. The molecule has 0 bridgehead atoms. The summed E-state index contributed by atoms with van der Waals surface area (Å²) in [6.45, 7) is 5.67. The van der Waals surface area contributed by atoms with Gasteiger partial charge in [-0.05, 0) is 61.1 Å². The number of sulfonamides is 1. The minimum Gasteiger partial charge on any atom is -0.493 e. The Morgan fingerprint density at radius 1 is 1.18 bits per heavy atom. The number of nitro groups is 1. The Morgan fingerprint density at radius 2 is 1.91 bits per heavy atom. The van der Waals surface area contributed by atoms with Gasteiger partial charge in [-0.2, -0.15) is 9.41 Å². The Bertz CT molecular complexity index is 1140. The lowest BCUT2D eigenvalue weighted by molar-refractivity contribution is -0.384. The van der Waals surface area contributed by atoms with E-state index in [0.29, 0.717) is 42.7 Å². The summed E-state index contributed by atoms with van der Waals surface area (Å²) in [5, 5.41) is 15.7. The number of ether oxygens (including phenoxy) is 2. The van der Waals surface area contributed by atoms with Crippen LogP contribution < -0.4 is 14.9 Å². The molecule has 1 fully saturated rings. The molecule has 0 saturated carbocycles. The maximum absolute atomic E-state index is 12.7. The van der Waals surface area contributed by atoms with Crippen molar-refractivity contribution in [2.75, 3.05) is 32.2 Å². The fraction of sp³-hybridized carbons (Fsp3) is 0.435. The van der Waals surface area contributed by atoms with Gasteiger partial charge in [-0.15, -0.1) is 0 Å². The third-order valence-corrected chi connectivity index (χ3v) is 7.30. The fourth-order valence-corrected chi connectivity index (χ4v) is 5.00. The molecule has 1 heterocycles. The molecule has 34 heavy (non-hydrogen) atoms. The second-order valence-electron chi connectivity index (χ2n) is 8.36. The summed E-state index contributed by atoms with van der Waals surface area (Å²) in [6.07, 6.45) is 3.98. The zero-order valence-electron chi connectivity index (χ0n) is 19.6. The predicted octanol–water partition coefficient (Wildman–Crippen LogP) is 4.26. The second-order valence-corrected chi connectivity index (χ2v) is 10.3. The second kappa shape index (κ2) is 11.3. The molecule has 0 amide bonds. The van der Waals surface area contributed by atoms with Crippen molar-refractivity contribution in [2.24, 2.45) is 11.0 Å². The van der Waals surface area contributed by atoms with Crippen LogP contribution in [0.3, 0.4) is 0 Å². The summed E-state index contributed by atoms with van der Waals surface area (Å²) >= 11 is 0. The number of anilines is 1. The highest BCUT2D eigenvalue weighted by Gasteiger charge is 2.29. The first-order valence-electron chi connectivity index (χ1n) is 11.1. The quantitative estimate of drug-likeness (QED) is 0.284. The van der Waals surface area contributed by atoms with E-state index in [4.69, 9.17) is 9.47 Å². The van der Waals surface area contributed by atoms with Crippen LogP contribution in [0.15, 0.2) is 46.4 Å². The molecule has 10 nitrogen and oxygen atoms in total. The lowest BCUT2D eigenvalue weighted by Crippen LogP contribution is -2.27. The average molecular weight is 491 g/mol. The molecule has 0 spiro atoms. The number of nitrogens with one attached hydrogen (secondary N) is 1. The molecule has 2 aromatic carbocycles. The Kier molecular flexibility index (Phi) is 8.46. The molecule has 1 aliphatic heterocycles. The number of benzene rings is 2. The van der Waals surface area contributed by atoms with E-state index in [-0.39, 0.29) is 16.3 Å². The first-order valence-corrected chi connectivity index (χ1v) is 12.5. The topological polar surface area (TPSA) is 123 Å². The molecular formula is C23H30N4O6S. The fourth-order valence-electron chi connectivity index (χ4n) is 3.46. The van der Waals surface area contributed by atoms with Gasteiger partial charge in [-0.25, -0.2) is 8.42 Å². The number of hydrogen-bond acceptors (Lipinski definition) is 8. The van der Waals surface area contributed by atoms with Gasteiger partial charge in [0.1, 0.15) is 5.69 Å². The van der Waals surface area contributed by atoms with E-state index in [9.17, 15) is 18.5 Å². The Labute approximate surface area is 199 Å². The summed E-state index contributed by atoms with van der Waals surface area (Å²) in [5.74, 6) is 1.70. The molecule has 0 aromatic heterocycles. The number of nitrogens with zero attached hydrogens (tertiary/aromatic N) is 3. The maximum atomic E-state index is 12.7. The van der Waals surface area contributed by atoms with E-state index >= 15 is 0 Å². The minimum absolute atomic E-state index is 0.0854. The number of hydrogen-bond donors (Lipinski definition) is 1. The standard InChI is InChI=1S/C23H30N4O6S/c1-17(2)10-13-33-22-9-6-18(14-23(22)32-3)16-24-25-20-8-7-19(15-21(20)27(28)29)34(30,31)26-11-4-5-12-26/h6-9,14-17,25H,4-5,10-13H2,1-3H3. The Morgan fingerprint density at radius 3 is 2.56 bits per heavy atom. The van der Waals surface area contributed by atoms with Crippen LogP contribution in [-0.4, -0.2) is 50.7 Å². The van der Waals surface area contributed by atoms with Crippen molar-refractivity contribution < 1.29 is 22.8 Å². The molecule has 0 radical (unpaired) electrons. The molecule has 1 aliphatic rings. The van der Waals surface area contributed by atoms with Crippen molar-refractivity contribution in [2.45, 2.75) is 38.0 Å². The first kappa shape index (κ1) is 25.4. The van der Waals surface area contributed by atoms with Gasteiger partial charge in [0, 0.05) is 19.2 Å². The van der Waals surface area contributed by atoms with Crippen LogP contribution >= 0.6 is 0 Å². The molecular weight excluding hydrogens is 460 g/mol. The summed E-state index contributed by atoms with van der Waals surface area (Å²) in [7, 11) is -2.21. The summed E-state index contributed by atoms with van der Waals surface area (Å²) in [4.78, 5) is 10.8. The van der Waals surface area contributed by atoms with Crippen LogP contribution in [0.25, 0.3) is 0 Å². The van der Waals surface area contributed by atoms with Gasteiger partial charge in [0.05, 0.1) is 29.8 Å². The van der Waals surface area contributed by atoms with Gasteiger partial charge < -0.3 is 9.47 Å². The first-order chi connectivity index (χ1) is 16.2. The lowest BCUT2D eigenvalue weighted by Gasteiger charge is -2.15. The van der Waals surface area contributed by atoms with Gasteiger partial charge >= 0.3 is 0 Å². The van der Waals surface area contributed by atoms with Crippen LogP contribution in [-0.2, 0) is 10.0 Å². The molecule has 0 aliphatic carbocycles. The number of nitro benzene ring substituents is 1. The van der Waals surface area contributed by atoms with Crippen LogP contribution in [0.1, 0.15) is 38.7 Å². The van der Waals surface area contributed by atoms with Crippen LogP contribution in [0.5, 0.6) is 11.5 Å². The zero-order valence-corrected chi connectivity index (χ0v) is 20.4. The van der Waals surface area contributed by atoms with E-state index in [1.165, 1.54) is 22.7 Å². The summed E-state index contributed by atoms with van der Waals surface area (Å²) < 4.78 is 38.0. The van der Waals surface area contributed by atoms with Crippen molar-refractivity contribution in [3.05, 3.63) is 52.1 Å². The van der Waals surface area contributed by atoms with Crippen LogP contribution in [0.4, 0.5) is 11.4 Å². The average Bonchev–Trinajstić information content (AvgIpc) is 3.35. The number of rotatable bonds is 11. The molecule has 1 N–H and O–H groups in total. The molecule has 2 aromatic rings. The molecule has 1 saturated heterocycles. The van der Waals surface area contributed by atoms with Crippen molar-refractivity contribution in [3.8, 4) is 11.5 Å². The molecule has 11 heteroatoms. The third kappa shape index (κ3) is 6.23. The predicted molar refractivity (Wildman–Crippen MR) is 130 cm³/mol. The van der Waals surface area contributed by atoms with Crippen molar-refractivity contribution >= 4 is 27.6 Å². The smallest absolute Gasteiger partial charge is 0.295 e.